The number of amides is 1. The van der Waals surface area contributed by atoms with Gasteiger partial charge in [-0.15, -0.1) is 10.2 Å². The molecule has 0 bridgehead atoms. The maximum absolute atomic E-state index is 12.3. The molecule has 0 saturated carbocycles. The highest BCUT2D eigenvalue weighted by atomic mass is 32.2. The van der Waals surface area contributed by atoms with Crippen LogP contribution in [0.3, 0.4) is 0 Å². The fourth-order valence-corrected chi connectivity index (χ4v) is 3.52. The van der Waals surface area contributed by atoms with E-state index in [1.165, 1.54) is 18.7 Å². The molecule has 3 aromatic rings. The van der Waals surface area contributed by atoms with Gasteiger partial charge in [-0.3, -0.25) is 9.59 Å². The average molecular weight is 426 g/mol. The average Bonchev–Trinajstić information content (AvgIpc) is 3.12. The number of ether oxygens (including phenoxy) is 2. The number of carbonyl (C=O) groups excluding carboxylic acids is 2. The minimum Gasteiger partial charge on any atom is -0.493 e. The zero-order valence-corrected chi connectivity index (χ0v) is 17.9. The number of rotatable bonds is 8. The Morgan fingerprint density at radius 2 is 1.83 bits per heavy atom. The highest BCUT2D eigenvalue weighted by molar-refractivity contribution is 7.99. The Morgan fingerprint density at radius 3 is 2.53 bits per heavy atom. The predicted molar refractivity (Wildman–Crippen MR) is 115 cm³/mol. The van der Waals surface area contributed by atoms with E-state index in [1.54, 1.807) is 44.6 Å². The maximum Gasteiger partial charge on any atom is 0.234 e. The number of Topliss-reactive ketones (excluding diaryl/α,β-unsaturated/α-hetero) is 1. The molecular formula is C21H22N4O4S. The second-order valence-corrected chi connectivity index (χ2v) is 7.35. The van der Waals surface area contributed by atoms with Gasteiger partial charge in [0.25, 0.3) is 0 Å². The van der Waals surface area contributed by atoms with Gasteiger partial charge in [-0.05, 0) is 37.3 Å². The zero-order chi connectivity index (χ0) is 21.7. The lowest BCUT2D eigenvalue weighted by atomic mass is 10.1. The first-order valence-corrected chi connectivity index (χ1v) is 10.1. The number of aromatic nitrogens is 3. The van der Waals surface area contributed by atoms with Crippen molar-refractivity contribution >= 4 is 29.1 Å². The third kappa shape index (κ3) is 4.80. The third-order valence-corrected chi connectivity index (χ3v) is 5.38. The van der Waals surface area contributed by atoms with Gasteiger partial charge in [0.1, 0.15) is 0 Å². The summed E-state index contributed by atoms with van der Waals surface area (Å²) in [5.41, 5.74) is 1.95. The van der Waals surface area contributed by atoms with Gasteiger partial charge in [0.2, 0.25) is 5.91 Å². The van der Waals surface area contributed by atoms with Crippen LogP contribution in [0.25, 0.3) is 11.4 Å². The predicted octanol–water partition coefficient (Wildman–Crippen LogP) is 3.43. The van der Waals surface area contributed by atoms with Crippen LogP contribution in [0.5, 0.6) is 11.5 Å². The number of ketones is 1. The molecule has 8 nitrogen and oxygen atoms in total. The second-order valence-electron chi connectivity index (χ2n) is 6.41. The number of anilines is 1. The Labute approximate surface area is 178 Å². The number of thioether (sulfide) groups is 1. The Bertz CT molecular complexity index is 1080. The molecule has 2 aromatic carbocycles. The van der Waals surface area contributed by atoms with Gasteiger partial charge >= 0.3 is 0 Å². The van der Waals surface area contributed by atoms with E-state index in [0.29, 0.717) is 33.7 Å². The Kier molecular flexibility index (Phi) is 6.73. The Hall–Kier alpha value is -3.33. The molecule has 0 spiro atoms. The molecule has 1 heterocycles. The lowest BCUT2D eigenvalue weighted by molar-refractivity contribution is -0.113. The molecule has 0 saturated heterocycles. The van der Waals surface area contributed by atoms with Crippen LogP contribution >= 0.6 is 11.8 Å². The maximum atomic E-state index is 12.3. The lowest BCUT2D eigenvalue weighted by Gasteiger charge is -2.09. The van der Waals surface area contributed by atoms with Crippen LogP contribution in [0, 0.1) is 0 Å². The van der Waals surface area contributed by atoms with Crippen molar-refractivity contribution in [2.75, 3.05) is 25.3 Å². The van der Waals surface area contributed by atoms with Crippen LogP contribution in [0.2, 0.25) is 0 Å². The molecular weight excluding hydrogens is 404 g/mol. The fraction of sp³-hybridized carbons (Fsp3) is 0.238. The molecule has 0 fully saturated rings. The van der Waals surface area contributed by atoms with Crippen molar-refractivity contribution in [1.29, 1.82) is 0 Å². The molecule has 0 aliphatic rings. The van der Waals surface area contributed by atoms with Gasteiger partial charge in [0.05, 0.1) is 20.0 Å². The smallest absolute Gasteiger partial charge is 0.234 e. The van der Waals surface area contributed by atoms with Crippen molar-refractivity contribution in [2.24, 2.45) is 7.05 Å². The van der Waals surface area contributed by atoms with Crippen LogP contribution in [0.1, 0.15) is 17.3 Å². The Balaban J connectivity index is 1.67. The molecule has 1 amide bonds. The molecule has 0 aliphatic heterocycles. The van der Waals surface area contributed by atoms with Crippen molar-refractivity contribution in [2.45, 2.75) is 12.1 Å². The van der Waals surface area contributed by atoms with Crippen LogP contribution in [-0.2, 0) is 11.8 Å². The number of nitrogens with one attached hydrogen (secondary N) is 1. The second kappa shape index (κ2) is 9.45. The van der Waals surface area contributed by atoms with E-state index in [1.807, 2.05) is 23.7 Å². The highest BCUT2D eigenvalue weighted by Crippen LogP contribution is 2.32. The summed E-state index contributed by atoms with van der Waals surface area (Å²) in [7, 11) is 4.99. The first-order valence-electron chi connectivity index (χ1n) is 9.08. The molecule has 1 aromatic heterocycles. The molecule has 1 N–H and O–H groups in total. The number of benzene rings is 2. The van der Waals surface area contributed by atoms with E-state index in [-0.39, 0.29) is 17.4 Å². The monoisotopic (exact) mass is 426 g/mol. The largest absolute Gasteiger partial charge is 0.493 e. The molecule has 30 heavy (non-hydrogen) atoms. The molecule has 3 rings (SSSR count). The highest BCUT2D eigenvalue weighted by Gasteiger charge is 2.15. The summed E-state index contributed by atoms with van der Waals surface area (Å²) < 4.78 is 12.4. The summed E-state index contributed by atoms with van der Waals surface area (Å²) in [6.07, 6.45) is 0. The molecule has 0 aliphatic carbocycles. The summed E-state index contributed by atoms with van der Waals surface area (Å²) in [6, 6.07) is 12.3. The fourth-order valence-electron chi connectivity index (χ4n) is 2.81. The Morgan fingerprint density at radius 1 is 1.07 bits per heavy atom. The van der Waals surface area contributed by atoms with Crippen molar-refractivity contribution in [3.63, 3.8) is 0 Å². The van der Waals surface area contributed by atoms with Gasteiger partial charge in [-0.1, -0.05) is 23.9 Å². The summed E-state index contributed by atoms with van der Waals surface area (Å²) >= 11 is 1.27. The quantitative estimate of drug-likeness (QED) is 0.435. The number of methoxy groups -OCH3 is 2. The summed E-state index contributed by atoms with van der Waals surface area (Å²) in [6.45, 7) is 1.49. The van der Waals surface area contributed by atoms with Crippen LogP contribution in [0.15, 0.2) is 47.6 Å². The van der Waals surface area contributed by atoms with E-state index in [2.05, 4.69) is 15.5 Å². The van der Waals surface area contributed by atoms with Crippen molar-refractivity contribution in [3.8, 4) is 22.9 Å². The van der Waals surface area contributed by atoms with Crippen LogP contribution in [0.4, 0.5) is 5.69 Å². The molecule has 156 valence electrons. The summed E-state index contributed by atoms with van der Waals surface area (Å²) in [5.74, 6) is 1.77. The topological polar surface area (TPSA) is 95.3 Å². The minimum atomic E-state index is -0.198. The molecule has 0 unspecified atom stereocenters. The van der Waals surface area contributed by atoms with Gasteiger partial charge < -0.3 is 19.4 Å². The van der Waals surface area contributed by atoms with Crippen LogP contribution in [-0.4, -0.2) is 46.4 Å². The number of nitrogens with zero attached hydrogens (tertiary/aromatic N) is 3. The lowest BCUT2D eigenvalue weighted by Crippen LogP contribution is -2.14. The van der Waals surface area contributed by atoms with Crippen LogP contribution < -0.4 is 14.8 Å². The van der Waals surface area contributed by atoms with Crippen molar-refractivity contribution < 1.29 is 19.1 Å². The first kappa shape index (κ1) is 21.4. The van der Waals surface area contributed by atoms with Gasteiger partial charge in [-0.2, -0.15) is 0 Å². The van der Waals surface area contributed by atoms with Gasteiger partial charge in [-0.25, -0.2) is 0 Å². The zero-order valence-electron chi connectivity index (χ0n) is 17.1. The van der Waals surface area contributed by atoms with E-state index >= 15 is 0 Å². The molecule has 0 radical (unpaired) electrons. The van der Waals surface area contributed by atoms with Gasteiger partial charge in [0, 0.05) is 23.9 Å². The van der Waals surface area contributed by atoms with E-state index < -0.39 is 0 Å². The molecule has 0 atom stereocenters. The van der Waals surface area contributed by atoms with Crippen molar-refractivity contribution in [1.82, 2.24) is 14.8 Å². The summed E-state index contributed by atoms with van der Waals surface area (Å²) in [5, 5.41) is 11.8. The normalized spacial score (nSPS) is 10.5. The molecule has 9 heteroatoms. The van der Waals surface area contributed by atoms with E-state index in [0.717, 1.165) is 5.56 Å². The van der Waals surface area contributed by atoms with E-state index in [4.69, 9.17) is 9.47 Å². The third-order valence-electron chi connectivity index (χ3n) is 4.36. The minimum absolute atomic E-state index is 0.0535. The van der Waals surface area contributed by atoms with Crippen molar-refractivity contribution in [3.05, 3.63) is 48.0 Å². The number of carbonyl (C=O) groups is 2. The van der Waals surface area contributed by atoms with E-state index in [9.17, 15) is 9.59 Å². The number of hydrogen-bond acceptors (Lipinski definition) is 7. The standard InChI is InChI=1S/C21H22N4O4S/c1-13(26)14-6-5-7-16(10-14)22-19(27)12-30-21-24-23-20(25(21)2)15-8-9-17(28-3)18(11-15)29-4/h5-11H,12H2,1-4H3,(H,22,27). The first-order chi connectivity index (χ1) is 14.4. The SMILES string of the molecule is COc1ccc(-c2nnc(SCC(=O)Nc3cccc(C(C)=O)c3)n2C)cc1OC. The van der Waals surface area contributed by atoms with Gasteiger partial charge in [0.15, 0.2) is 28.3 Å². The number of hydrogen-bond donors (Lipinski definition) is 1. The summed E-state index contributed by atoms with van der Waals surface area (Å²) in [4.78, 5) is 23.8.